The van der Waals surface area contributed by atoms with Crippen LogP contribution in [0.3, 0.4) is 0 Å². The first kappa shape index (κ1) is 26.7. The van der Waals surface area contributed by atoms with E-state index in [2.05, 4.69) is 30.8 Å². The van der Waals surface area contributed by atoms with Crippen LogP contribution >= 0.6 is 15.9 Å². The average Bonchev–Trinajstić information content (AvgIpc) is 3.21. The van der Waals surface area contributed by atoms with Crippen LogP contribution in [0.4, 0.5) is 4.39 Å². The summed E-state index contributed by atoms with van der Waals surface area (Å²) in [5.41, 5.74) is 2.52. The van der Waals surface area contributed by atoms with Crippen LogP contribution < -0.4 is 4.72 Å². The smallest absolute Gasteiger partial charge is 0.192 e. The molecule has 0 bridgehead atoms. The Labute approximate surface area is 220 Å². The van der Waals surface area contributed by atoms with E-state index in [0.29, 0.717) is 22.4 Å². The summed E-state index contributed by atoms with van der Waals surface area (Å²) in [4.78, 5) is 4.09. The van der Waals surface area contributed by atoms with Crippen LogP contribution in [0.15, 0.2) is 68.6 Å². The van der Waals surface area contributed by atoms with Crippen molar-refractivity contribution in [3.8, 4) is 11.3 Å². The third-order valence-corrected chi connectivity index (χ3v) is 8.59. The Balaban J connectivity index is 1.84. The number of pyridine rings is 1. The zero-order valence-corrected chi connectivity index (χ0v) is 23.3. The number of nitrogens with one attached hydrogen (secondary N) is 1. The summed E-state index contributed by atoms with van der Waals surface area (Å²) in [7, 11) is -3.64. The Bertz CT molecular complexity index is 1520. The number of halogens is 2. The molecular formula is C25H25BrFN3O4S2. The van der Waals surface area contributed by atoms with Crippen molar-refractivity contribution < 1.29 is 21.9 Å². The first-order valence-electron chi connectivity index (χ1n) is 11.0. The van der Waals surface area contributed by atoms with Gasteiger partial charge in [-0.05, 0) is 56.7 Å². The average molecular weight is 595 g/mol. The normalized spacial score (nSPS) is 14.2. The van der Waals surface area contributed by atoms with Crippen LogP contribution in [0, 0.1) is 5.82 Å². The molecule has 0 amide bonds. The largest absolute Gasteiger partial charge is 0.598 e. The van der Waals surface area contributed by atoms with Crippen molar-refractivity contribution in [2.75, 3.05) is 6.26 Å². The van der Waals surface area contributed by atoms with E-state index in [1.807, 2.05) is 63.2 Å². The van der Waals surface area contributed by atoms with Crippen molar-refractivity contribution in [1.82, 2.24) is 14.9 Å². The summed E-state index contributed by atoms with van der Waals surface area (Å²) in [6.45, 7) is 5.47. The molecule has 0 aliphatic carbocycles. The summed E-state index contributed by atoms with van der Waals surface area (Å²) < 4.78 is 61.0. The molecular weight excluding hydrogens is 569 g/mol. The summed E-state index contributed by atoms with van der Waals surface area (Å²) in [5, 5.41) is 4.84. The molecule has 0 aliphatic heterocycles. The minimum atomic E-state index is -3.64. The van der Waals surface area contributed by atoms with E-state index >= 15 is 0 Å². The molecule has 0 radical (unpaired) electrons. The standard InChI is InChI=1S/C25H25BrFN3O4S2/c1-25(2,3)35(31)30-20(14-21-19(27)11-12-23(28-21)36(4,32)33)16-7-5-6-8-17(16)24-18-10-9-15(26)13-22(18)34-29-24/h5-13,20,30H,14H2,1-4H3/t20-,35?/m0/s1. The fourth-order valence-corrected chi connectivity index (χ4v) is 5.40. The van der Waals surface area contributed by atoms with E-state index in [0.717, 1.165) is 28.2 Å². The second-order valence-corrected chi connectivity index (χ2v) is 14.2. The molecule has 0 saturated carbocycles. The molecule has 0 spiro atoms. The third-order valence-electron chi connectivity index (χ3n) is 5.50. The Morgan fingerprint density at radius 2 is 1.89 bits per heavy atom. The van der Waals surface area contributed by atoms with Crippen LogP contribution in [-0.2, 0) is 27.6 Å². The lowest BCUT2D eigenvalue weighted by Gasteiger charge is -2.29. The molecule has 2 atom stereocenters. The topological polar surface area (TPSA) is 108 Å². The van der Waals surface area contributed by atoms with Crippen LogP contribution in [0.5, 0.6) is 0 Å². The number of fused-ring (bicyclic) bond motifs is 1. The number of hydrogen-bond donors (Lipinski definition) is 1. The lowest BCUT2D eigenvalue weighted by Crippen LogP contribution is -2.42. The van der Waals surface area contributed by atoms with Crippen molar-refractivity contribution in [3.05, 3.63) is 76.1 Å². The minimum absolute atomic E-state index is 0.0463. The zero-order chi connectivity index (χ0) is 26.3. The highest BCUT2D eigenvalue weighted by Crippen LogP contribution is 2.36. The van der Waals surface area contributed by atoms with Gasteiger partial charge in [0.25, 0.3) is 0 Å². The van der Waals surface area contributed by atoms with Gasteiger partial charge in [0.15, 0.2) is 20.4 Å². The highest BCUT2D eigenvalue weighted by Gasteiger charge is 2.32. The van der Waals surface area contributed by atoms with Crippen molar-refractivity contribution in [2.45, 2.75) is 43.0 Å². The number of benzene rings is 2. The molecule has 7 nitrogen and oxygen atoms in total. The highest BCUT2D eigenvalue weighted by molar-refractivity contribution is 9.10. The Hall–Kier alpha value is -2.31. The van der Waals surface area contributed by atoms with Crippen molar-refractivity contribution >= 4 is 48.1 Å². The molecule has 11 heteroatoms. The van der Waals surface area contributed by atoms with Gasteiger partial charge in [-0.1, -0.05) is 45.4 Å². The van der Waals surface area contributed by atoms with Gasteiger partial charge in [-0.15, -0.1) is 4.72 Å². The molecule has 2 heterocycles. The maximum absolute atomic E-state index is 14.8. The predicted octanol–water partition coefficient (Wildman–Crippen LogP) is 5.53. The predicted molar refractivity (Wildman–Crippen MR) is 142 cm³/mol. The highest BCUT2D eigenvalue weighted by atomic mass is 79.9. The SMILES string of the molecule is CC(C)(C)[S+]([O-])N[C@@H](Cc1nc(S(C)(=O)=O)ccc1F)c1ccccc1-c1noc2cc(Br)ccc12. The fourth-order valence-electron chi connectivity index (χ4n) is 3.65. The summed E-state index contributed by atoms with van der Waals surface area (Å²) >= 11 is 1.90. The lowest BCUT2D eigenvalue weighted by molar-refractivity contribution is 0.459. The van der Waals surface area contributed by atoms with Gasteiger partial charge in [0.2, 0.25) is 0 Å². The first-order chi connectivity index (χ1) is 16.8. The monoisotopic (exact) mass is 593 g/mol. The zero-order valence-electron chi connectivity index (χ0n) is 20.1. The molecule has 36 heavy (non-hydrogen) atoms. The Morgan fingerprint density at radius 3 is 2.58 bits per heavy atom. The Kier molecular flexibility index (Phi) is 7.59. The quantitative estimate of drug-likeness (QED) is 0.280. The number of nitrogens with zero attached hydrogens (tertiary/aromatic N) is 2. The van der Waals surface area contributed by atoms with Crippen molar-refractivity contribution in [1.29, 1.82) is 0 Å². The van der Waals surface area contributed by atoms with Crippen molar-refractivity contribution in [3.63, 3.8) is 0 Å². The number of aromatic nitrogens is 2. The summed E-state index contributed by atoms with van der Waals surface area (Å²) in [6.07, 6.45) is 0.972. The van der Waals surface area contributed by atoms with Crippen LogP contribution in [-0.4, -0.2) is 34.1 Å². The maximum Gasteiger partial charge on any atom is 0.192 e. The molecule has 190 valence electrons. The number of hydrogen-bond acceptors (Lipinski definition) is 7. The van der Waals surface area contributed by atoms with Gasteiger partial charge in [-0.25, -0.2) is 17.8 Å². The molecule has 2 aromatic carbocycles. The van der Waals surface area contributed by atoms with E-state index < -0.39 is 37.8 Å². The van der Waals surface area contributed by atoms with Crippen LogP contribution in [0.2, 0.25) is 0 Å². The molecule has 0 aliphatic rings. The van der Waals surface area contributed by atoms with Gasteiger partial charge in [-0.3, -0.25) is 0 Å². The minimum Gasteiger partial charge on any atom is -0.598 e. The molecule has 2 aromatic heterocycles. The van der Waals surface area contributed by atoms with E-state index in [1.165, 1.54) is 0 Å². The van der Waals surface area contributed by atoms with E-state index in [-0.39, 0.29) is 17.1 Å². The van der Waals surface area contributed by atoms with E-state index in [9.17, 15) is 17.4 Å². The maximum atomic E-state index is 14.8. The number of sulfone groups is 1. The lowest BCUT2D eigenvalue weighted by atomic mass is 9.94. The molecule has 0 saturated heterocycles. The second-order valence-electron chi connectivity index (χ2n) is 9.36. The summed E-state index contributed by atoms with van der Waals surface area (Å²) in [6, 6.07) is 14.5. The van der Waals surface area contributed by atoms with E-state index in [1.54, 1.807) is 0 Å². The van der Waals surface area contributed by atoms with Crippen LogP contribution in [0.25, 0.3) is 22.2 Å². The second kappa shape index (κ2) is 10.2. The van der Waals surface area contributed by atoms with Crippen molar-refractivity contribution in [2.24, 2.45) is 0 Å². The van der Waals surface area contributed by atoms with Gasteiger partial charge < -0.3 is 9.08 Å². The van der Waals surface area contributed by atoms with Gasteiger partial charge >= 0.3 is 0 Å². The van der Waals surface area contributed by atoms with Gasteiger partial charge in [0.05, 0.1) is 11.7 Å². The molecule has 1 N–H and O–H groups in total. The van der Waals surface area contributed by atoms with Gasteiger partial charge in [-0.2, -0.15) is 0 Å². The molecule has 1 unspecified atom stereocenters. The number of rotatable bonds is 7. The molecule has 4 aromatic rings. The third kappa shape index (κ3) is 5.81. The van der Waals surface area contributed by atoms with Gasteiger partial charge in [0.1, 0.15) is 16.3 Å². The van der Waals surface area contributed by atoms with Gasteiger partial charge in [0, 0.05) is 39.5 Å². The first-order valence-corrected chi connectivity index (χ1v) is 14.9. The Morgan fingerprint density at radius 1 is 1.17 bits per heavy atom. The molecule has 4 rings (SSSR count). The summed E-state index contributed by atoms with van der Waals surface area (Å²) in [5.74, 6) is -0.648. The van der Waals surface area contributed by atoms with E-state index in [4.69, 9.17) is 4.52 Å². The fraction of sp³-hybridized carbons (Fsp3) is 0.280. The molecule has 0 fully saturated rings. The van der Waals surface area contributed by atoms with Crippen LogP contribution in [0.1, 0.15) is 38.1 Å².